The third kappa shape index (κ3) is 1.70. The highest BCUT2D eigenvalue weighted by molar-refractivity contribution is 5.95. The summed E-state index contributed by atoms with van der Waals surface area (Å²) < 4.78 is 10.2. The Labute approximate surface area is 98.1 Å². The van der Waals surface area contributed by atoms with Gasteiger partial charge in [0.25, 0.3) is 0 Å². The Morgan fingerprint density at radius 3 is 2.94 bits per heavy atom. The van der Waals surface area contributed by atoms with Gasteiger partial charge in [0.05, 0.1) is 23.5 Å². The van der Waals surface area contributed by atoms with Gasteiger partial charge in [-0.25, -0.2) is 4.63 Å². The van der Waals surface area contributed by atoms with E-state index in [0.717, 1.165) is 18.7 Å². The highest BCUT2D eigenvalue weighted by Gasteiger charge is 2.25. The Kier molecular flexibility index (Phi) is 2.36. The molecule has 1 aliphatic rings. The number of hydrogen-bond acceptors (Lipinski definition) is 6. The van der Waals surface area contributed by atoms with E-state index in [0.29, 0.717) is 22.8 Å². The van der Waals surface area contributed by atoms with E-state index in [2.05, 4.69) is 22.6 Å². The number of nitrogens with zero attached hydrogens (tertiary/aromatic N) is 2. The minimum absolute atomic E-state index is 0.197. The molecule has 0 radical (unpaired) electrons. The Hall–Kier alpha value is -1.82. The second-order valence-electron chi connectivity index (χ2n) is 4.28. The van der Waals surface area contributed by atoms with Gasteiger partial charge in [0.1, 0.15) is 0 Å². The molecule has 6 nitrogen and oxygen atoms in total. The van der Waals surface area contributed by atoms with Crippen molar-refractivity contribution < 1.29 is 9.37 Å². The van der Waals surface area contributed by atoms with E-state index in [9.17, 15) is 0 Å². The van der Waals surface area contributed by atoms with Crippen LogP contribution in [0.3, 0.4) is 0 Å². The molecule has 0 spiro atoms. The van der Waals surface area contributed by atoms with Gasteiger partial charge in [0.2, 0.25) is 0 Å². The minimum Gasteiger partial charge on any atom is -0.397 e. The Morgan fingerprint density at radius 2 is 2.18 bits per heavy atom. The number of ether oxygens (including phenoxy) is 1. The summed E-state index contributed by atoms with van der Waals surface area (Å²) in [4.78, 5) is 0. The van der Waals surface area contributed by atoms with Crippen LogP contribution >= 0.6 is 0 Å². The molecular weight excluding hydrogens is 220 g/mol. The maximum atomic E-state index is 5.79. The number of hydrogen-bond donors (Lipinski definition) is 2. The van der Waals surface area contributed by atoms with Crippen molar-refractivity contribution in [2.45, 2.75) is 25.5 Å². The number of nitrogens with one attached hydrogen (secondary N) is 1. The van der Waals surface area contributed by atoms with Crippen molar-refractivity contribution in [2.24, 2.45) is 0 Å². The molecule has 0 bridgehead atoms. The summed E-state index contributed by atoms with van der Waals surface area (Å²) in [7, 11) is 0. The molecule has 1 saturated heterocycles. The summed E-state index contributed by atoms with van der Waals surface area (Å²) in [5.74, 6) is 0. The summed E-state index contributed by atoms with van der Waals surface area (Å²) in [6, 6.07) is 3.99. The van der Waals surface area contributed by atoms with Gasteiger partial charge in [0.15, 0.2) is 11.0 Å². The van der Waals surface area contributed by atoms with Gasteiger partial charge in [-0.1, -0.05) is 0 Å². The van der Waals surface area contributed by atoms with E-state index >= 15 is 0 Å². The number of fused-ring (bicyclic) bond motifs is 1. The van der Waals surface area contributed by atoms with Crippen molar-refractivity contribution in [1.29, 1.82) is 0 Å². The number of nitrogens with two attached hydrogens (primary N) is 1. The number of aromatic nitrogens is 2. The Morgan fingerprint density at radius 1 is 1.35 bits per heavy atom. The summed E-state index contributed by atoms with van der Waals surface area (Å²) in [5.41, 5.74) is 8.52. The number of rotatable bonds is 2. The topological polar surface area (TPSA) is 86.2 Å². The standard InChI is InChI=1S/C11H14N4O2/c1-6-8(4-5-16-6)13-9-3-2-7(12)10-11(9)15-17-14-10/h2-3,6,8,13H,4-5,12H2,1H3. The van der Waals surface area contributed by atoms with Crippen molar-refractivity contribution >= 4 is 22.4 Å². The normalized spacial score (nSPS) is 24.3. The van der Waals surface area contributed by atoms with Crippen LogP contribution in [0.1, 0.15) is 13.3 Å². The zero-order chi connectivity index (χ0) is 11.8. The lowest BCUT2D eigenvalue weighted by molar-refractivity contribution is 0.121. The SMILES string of the molecule is CC1OCCC1Nc1ccc(N)c2nonc12. The molecule has 2 heterocycles. The van der Waals surface area contributed by atoms with Gasteiger partial charge < -0.3 is 15.8 Å². The highest BCUT2D eigenvalue weighted by Crippen LogP contribution is 2.27. The Bertz CT molecular complexity index is 539. The number of benzene rings is 1. The molecule has 90 valence electrons. The molecule has 0 aliphatic carbocycles. The second-order valence-corrected chi connectivity index (χ2v) is 4.28. The zero-order valence-electron chi connectivity index (χ0n) is 9.51. The van der Waals surface area contributed by atoms with Crippen LogP contribution < -0.4 is 11.1 Å². The maximum absolute atomic E-state index is 5.79. The predicted molar refractivity (Wildman–Crippen MR) is 63.7 cm³/mol. The van der Waals surface area contributed by atoms with Gasteiger partial charge in [-0.05, 0) is 35.8 Å². The first-order chi connectivity index (χ1) is 8.25. The first kappa shape index (κ1) is 10.3. The predicted octanol–water partition coefficient (Wildman–Crippen LogP) is 1.39. The monoisotopic (exact) mass is 234 g/mol. The van der Waals surface area contributed by atoms with Crippen LogP contribution in [0.25, 0.3) is 11.0 Å². The van der Waals surface area contributed by atoms with Gasteiger partial charge in [-0.2, -0.15) is 0 Å². The van der Waals surface area contributed by atoms with Gasteiger partial charge in [-0.3, -0.25) is 0 Å². The fourth-order valence-electron chi connectivity index (χ4n) is 2.12. The van der Waals surface area contributed by atoms with Crippen molar-refractivity contribution in [3.8, 4) is 0 Å². The summed E-state index contributed by atoms with van der Waals surface area (Å²) in [6.07, 6.45) is 1.18. The van der Waals surface area contributed by atoms with Crippen LogP contribution in [0, 0.1) is 0 Å². The first-order valence-corrected chi connectivity index (χ1v) is 5.64. The van der Waals surface area contributed by atoms with Crippen LogP contribution in [-0.4, -0.2) is 29.1 Å². The largest absolute Gasteiger partial charge is 0.397 e. The molecule has 1 aromatic heterocycles. The molecular formula is C11H14N4O2. The first-order valence-electron chi connectivity index (χ1n) is 5.64. The zero-order valence-corrected chi connectivity index (χ0v) is 9.51. The summed E-state index contributed by atoms with van der Waals surface area (Å²) in [6.45, 7) is 2.84. The van der Waals surface area contributed by atoms with Crippen LogP contribution in [0.2, 0.25) is 0 Å². The molecule has 17 heavy (non-hydrogen) atoms. The second kappa shape index (κ2) is 3.89. The highest BCUT2D eigenvalue weighted by atomic mass is 16.6. The van der Waals surface area contributed by atoms with Crippen molar-refractivity contribution in [3.63, 3.8) is 0 Å². The molecule has 2 atom stereocenters. The van der Waals surface area contributed by atoms with E-state index in [1.165, 1.54) is 0 Å². The molecule has 0 amide bonds. The quantitative estimate of drug-likeness (QED) is 0.764. The van der Waals surface area contributed by atoms with Crippen LogP contribution in [0.4, 0.5) is 11.4 Å². The molecule has 2 unspecified atom stereocenters. The molecule has 1 aliphatic heterocycles. The van der Waals surface area contributed by atoms with E-state index in [-0.39, 0.29) is 6.10 Å². The van der Waals surface area contributed by atoms with Crippen LogP contribution in [-0.2, 0) is 4.74 Å². The van der Waals surface area contributed by atoms with Crippen molar-refractivity contribution in [2.75, 3.05) is 17.7 Å². The molecule has 1 aromatic carbocycles. The summed E-state index contributed by atoms with van der Waals surface area (Å²) >= 11 is 0. The molecule has 3 rings (SSSR count). The third-order valence-corrected chi connectivity index (χ3v) is 3.16. The smallest absolute Gasteiger partial charge is 0.160 e. The van der Waals surface area contributed by atoms with E-state index in [4.69, 9.17) is 15.1 Å². The number of anilines is 2. The van der Waals surface area contributed by atoms with Crippen LogP contribution in [0.15, 0.2) is 16.8 Å². The minimum atomic E-state index is 0.197. The van der Waals surface area contributed by atoms with Crippen molar-refractivity contribution in [1.82, 2.24) is 10.3 Å². The third-order valence-electron chi connectivity index (χ3n) is 3.16. The lowest BCUT2D eigenvalue weighted by Gasteiger charge is -2.17. The van der Waals surface area contributed by atoms with Gasteiger partial charge in [-0.15, -0.1) is 0 Å². The van der Waals surface area contributed by atoms with E-state index in [1.807, 2.05) is 6.07 Å². The lowest BCUT2D eigenvalue weighted by atomic mass is 10.1. The van der Waals surface area contributed by atoms with Crippen LogP contribution in [0.5, 0.6) is 0 Å². The van der Waals surface area contributed by atoms with E-state index < -0.39 is 0 Å². The fourth-order valence-corrected chi connectivity index (χ4v) is 2.12. The fraction of sp³-hybridized carbons (Fsp3) is 0.455. The average molecular weight is 234 g/mol. The van der Waals surface area contributed by atoms with Crippen molar-refractivity contribution in [3.05, 3.63) is 12.1 Å². The molecule has 1 fully saturated rings. The molecule has 2 aromatic rings. The molecule has 0 saturated carbocycles. The average Bonchev–Trinajstić information content (AvgIpc) is 2.93. The Balaban J connectivity index is 1.95. The lowest BCUT2D eigenvalue weighted by Crippen LogP contribution is -2.26. The molecule has 3 N–H and O–H groups in total. The van der Waals surface area contributed by atoms with Gasteiger partial charge in [0, 0.05) is 6.61 Å². The van der Waals surface area contributed by atoms with E-state index in [1.54, 1.807) is 6.07 Å². The molecule has 6 heteroatoms. The number of nitrogen functional groups attached to an aromatic ring is 1. The van der Waals surface area contributed by atoms with Gasteiger partial charge >= 0.3 is 0 Å². The maximum Gasteiger partial charge on any atom is 0.160 e. The summed E-state index contributed by atoms with van der Waals surface area (Å²) in [5, 5.41) is 11.1.